The van der Waals surface area contributed by atoms with Gasteiger partial charge in [-0.3, -0.25) is 0 Å². The van der Waals surface area contributed by atoms with Gasteiger partial charge in [-0.2, -0.15) is 4.57 Å². The topological polar surface area (TPSA) is 27.4 Å². The molecule has 0 radical (unpaired) electrons. The molecule has 0 bridgehead atoms. The minimum absolute atomic E-state index is 0.144. The van der Waals surface area contributed by atoms with E-state index < -0.39 is 0 Å². The molecular weight excluding hydrogens is 348 g/mol. The molecule has 1 aliphatic heterocycles. The fourth-order valence-electron chi connectivity index (χ4n) is 3.24. The van der Waals surface area contributed by atoms with Crippen molar-refractivity contribution in [1.82, 2.24) is 0 Å². The highest BCUT2D eigenvalue weighted by Gasteiger charge is 2.26. The third kappa shape index (κ3) is 2.97. The summed E-state index contributed by atoms with van der Waals surface area (Å²) in [6, 6.07) is 15.1. The van der Waals surface area contributed by atoms with Gasteiger partial charge in [0.2, 0.25) is 5.52 Å². The number of nitrogens with zero attached hydrogens (tertiary/aromatic N) is 2. The van der Waals surface area contributed by atoms with Crippen LogP contribution in [0.5, 0.6) is 0 Å². The predicted molar refractivity (Wildman–Crippen MR) is 107 cm³/mol. The molecule has 128 valence electrons. The summed E-state index contributed by atoms with van der Waals surface area (Å²) in [7, 11) is 0. The molecule has 4 rings (SSSR count). The van der Waals surface area contributed by atoms with Gasteiger partial charge in [0.15, 0.2) is 6.54 Å². The quantitative estimate of drug-likeness (QED) is 0.690. The van der Waals surface area contributed by atoms with Crippen molar-refractivity contribution in [3.63, 3.8) is 0 Å². The molecule has 0 saturated heterocycles. The first kappa shape index (κ1) is 16.6. The van der Waals surface area contributed by atoms with Crippen molar-refractivity contribution in [2.24, 2.45) is 0 Å². The number of aryl methyl sites for hydroxylation is 1. The lowest BCUT2D eigenvalue weighted by Gasteiger charge is -2.17. The second-order valence-electron chi connectivity index (χ2n) is 6.08. The summed E-state index contributed by atoms with van der Waals surface area (Å²) in [5.74, 6) is 0. The number of anilines is 1. The van der Waals surface area contributed by atoms with Crippen molar-refractivity contribution < 1.29 is 9.67 Å². The Bertz CT molecular complexity index is 961. The van der Waals surface area contributed by atoms with Crippen LogP contribution in [0.2, 0.25) is 0 Å². The van der Waals surface area contributed by atoms with Gasteiger partial charge in [0.25, 0.3) is 5.01 Å². The van der Waals surface area contributed by atoms with Crippen LogP contribution in [0, 0.1) is 6.92 Å². The van der Waals surface area contributed by atoms with Crippen LogP contribution >= 0.6 is 23.1 Å². The molecule has 1 aliphatic rings. The molecule has 0 amide bonds. The molecule has 25 heavy (non-hydrogen) atoms. The van der Waals surface area contributed by atoms with E-state index in [0.717, 1.165) is 6.54 Å². The van der Waals surface area contributed by atoms with E-state index in [1.165, 1.54) is 36.4 Å². The number of hydrogen-bond donors (Lipinski definition) is 1. The number of hydrogen-bond acceptors (Lipinski definition) is 4. The zero-order chi connectivity index (χ0) is 17.4. The predicted octanol–water partition coefficient (Wildman–Crippen LogP) is 4.42. The maximum absolute atomic E-state index is 9.53. The van der Waals surface area contributed by atoms with E-state index in [0.29, 0.717) is 6.54 Å². The first-order valence-electron chi connectivity index (χ1n) is 8.51. The van der Waals surface area contributed by atoms with Crippen molar-refractivity contribution in [2.45, 2.75) is 25.3 Å². The molecule has 0 unspecified atom stereocenters. The van der Waals surface area contributed by atoms with Gasteiger partial charge in [-0.25, -0.2) is 0 Å². The zero-order valence-corrected chi connectivity index (χ0v) is 16.0. The highest BCUT2D eigenvalue weighted by atomic mass is 32.2. The summed E-state index contributed by atoms with van der Waals surface area (Å²) in [5.41, 5.74) is 3.74. The average Bonchev–Trinajstić information content (AvgIpc) is 3.12. The molecule has 0 spiro atoms. The lowest BCUT2D eigenvalue weighted by atomic mass is 10.2. The third-order valence-electron chi connectivity index (χ3n) is 4.41. The Balaban J connectivity index is 1.82. The Labute approximate surface area is 156 Å². The smallest absolute Gasteiger partial charge is 0.265 e. The summed E-state index contributed by atoms with van der Waals surface area (Å²) < 4.78 is 3.49. The molecule has 5 heteroatoms. The minimum atomic E-state index is 0.144. The van der Waals surface area contributed by atoms with Gasteiger partial charge in [-0.1, -0.05) is 41.3 Å². The molecule has 3 aromatic rings. The second kappa shape index (κ2) is 6.83. The van der Waals surface area contributed by atoms with E-state index in [-0.39, 0.29) is 6.61 Å². The monoisotopic (exact) mass is 369 g/mol. The van der Waals surface area contributed by atoms with Crippen molar-refractivity contribution in [3.05, 3.63) is 58.1 Å². The van der Waals surface area contributed by atoms with Crippen LogP contribution in [0.4, 0.5) is 5.69 Å². The van der Waals surface area contributed by atoms with Crippen molar-refractivity contribution in [1.29, 1.82) is 0 Å². The Morgan fingerprint density at radius 3 is 2.84 bits per heavy atom. The number of para-hydroxylation sites is 1. The van der Waals surface area contributed by atoms with Crippen LogP contribution in [0.15, 0.2) is 52.4 Å². The number of fused-ring (bicyclic) bond motifs is 2. The molecule has 0 aliphatic carbocycles. The number of aromatic nitrogens is 1. The van der Waals surface area contributed by atoms with Gasteiger partial charge < -0.3 is 10.0 Å². The van der Waals surface area contributed by atoms with E-state index in [2.05, 4.69) is 71.9 Å². The normalized spacial score (nSPS) is 15.3. The Morgan fingerprint density at radius 2 is 2.04 bits per heavy atom. The number of thioether (sulfide) groups is 1. The molecule has 2 heterocycles. The third-order valence-corrected chi connectivity index (χ3v) is 6.62. The molecule has 2 aromatic carbocycles. The second-order valence-corrected chi connectivity index (χ2v) is 8.21. The number of rotatable bonds is 4. The van der Waals surface area contributed by atoms with Gasteiger partial charge in [0, 0.05) is 17.5 Å². The number of aliphatic hydroxyl groups is 1. The van der Waals surface area contributed by atoms with Crippen LogP contribution in [0.1, 0.15) is 17.5 Å². The maximum Gasteiger partial charge on any atom is 0.265 e. The van der Waals surface area contributed by atoms with E-state index in [4.69, 9.17) is 0 Å². The summed E-state index contributed by atoms with van der Waals surface area (Å²) in [6.07, 6.45) is 2.27. The van der Waals surface area contributed by atoms with E-state index >= 15 is 0 Å². The zero-order valence-electron chi connectivity index (χ0n) is 14.4. The van der Waals surface area contributed by atoms with Crippen LogP contribution in [0.25, 0.3) is 16.3 Å². The largest absolute Gasteiger partial charge is 0.390 e. The molecule has 3 nitrogen and oxygen atoms in total. The molecule has 0 saturated carbocycles. The number of benzene rings is 2. The molecule has 0 fully saturated rings. The fraction of sp³-hybridized carbons (Fsp3) is 0.250. The van der Waals surface area contributed by atoms with E-state index in [1.807, 2.05) is 11.8 Å². The highest BCUT2D eigenvalue weighted by Crippen LogP contribution is 2.46. The Hall–Kier alpha value is -1.82. The standard InChI is InChI=1S/C20H21N2OS2/c1-3-21-15-6-4-5-7-17(15)24-19(21)13-20-22(10-11-23)16-9-8-14(2)12-18(16)25-20/h4-9,12-13,23H,3,10-11H2,1-2H3/q+1. The molecule has 1 aromatic heterocycles. The van der Waals surface area contributed by atoms with Gasteiger partial charge in [0.1, 0.15) is 11.3 Å². The lowest BCUT2D eigenvalue weighted by molar-refractivity contribution is -0.670. The van der Waals surface area contributed by atoms with Gasteiger partial charge in [0.05, 0.1) is 16.8 Å². The van der Waals surface area contributed by atoms with Gasteiger partial charge in [-0.05, 0) is 37.6 Å². The summed E-state index contributed by atoms with van der Waals surface area (Å²) >= 11 is 3.61. The van der Waals surface area contributed by atoms with Crippen molar-refractivity contribution >= 4 is 45.1 Å². The van der Waals surface area contributed by atoms with Crippen molar-refractivity contribution in [2.75, 3.05) is 18.1 Å². The minimum Gasteiger partial charge on any atom is -0.390 e. The highest BCUT2D eigenvalue weighted by molar-refractivity contribution is 8.03. The lowest BCUT2D eigenvalue weighted by Crippen LogP contribution is -2.37. The van der Waals surface area contributed by atoms with Crippen LogP contribution in [-0.2, 0) is 6.54 Å². The summed E-state index contributed by atoms with van der Waals surface area (Å²) in [4.78, 5) is 3.67. The molecule has 1 N–H and O–H groups in total. The average molecular weight is 370 g/mol. The number of aliphatic hydroxyl groups excluding tert-OH is 1. The molecule has 0 atom stereocenters. The summed E-state index contributed by atoms with van der Waals surface area (Å²) in [5, 5.41) is 12.0. The van der Waals surface area contributed by atoms with E-state index in [9.17, 15) is 5.11 Å². The summed E-state index contributed by atoms with van der Waals surface area (Å²) in [6.45, 7) is 6.01. The number of thiazole rings is 1. The first-order chi connectivity index (χ1) is 12.2. The van der Waals surface area contributed by atoms with Crippen molar-refractivity contribution in [3.8, 4) is 0 Å². The first-order valence-corrected chi connectivity index (χ1v) is 10.1. The van der Waals surface area contributed by atoms with Gasteiger partial charge in [-0.15, -0.1) is 0 Å². The van der Waals surface area contributed by atoms with E-state index in [1.54, 1.807) is 11.3 Å². The van der Waals surface area contributed by atoms with Gasteiger partial charge >= 0.3 is 0 Å². The van der Waals surface area contributed by atoms with Crippen LogP contribution in [0.3, 0.4) is 0 Å². The SMILES string of the molecule is CCN1C(=Cc2sc3cc(C)ccc3[n+]2CCO)Sc2ccccc21. The Morgan fingerprint density at radius 1 is 1.20 bits per heavy atom. The fourth-order valence-corrected chi connectivity index (χ4v) is 5.70. The maximum atomic E-state index is 9.53. The Kier molecular flexibility index (Phi) is 4.54. The van der Waals surface area contributed by atoms with Crippen LogP contribution < -0.4 is 9.47 Å². The van der Waals surface area contributed by atoms with Crippen LogP contribution in [-0.4, -0.2) is 18.3 Å². The molecular formula is C20H21N2OS2+.